The van der Waals surface area contributed by atoms with Gasteiger partial charge in [0.1, 0.15) is 0 Å². The fraction of sp³-hybridized carbons (Fsp3) is 0.0833. The van der Waals surface area contributed by atoms with Crippen LogP contribution in [0.15, 0.2) is 88.1 Å². The summed E-state index contributed by atoms with van der Waals surface area (Å²) in [4.78, 5) is 16.8. The normalized spacial score (nSPS) is 11.6. The number of anilines is 3. The molecule has 3 aromatic carbocycles. The van der Waals surface area contributed by atoms with E-state index in [-0.39, 0.29) is 26.2 Å². The van der Waals surface area contributed by atoms with Crippen molar-refractivity contribution < 1.29 is 21.6 Å². The van der Waals surface area contributed by atoms with E-state index in [0.717, 1.165) is 16.9 Å². The van der Waals surface area contributed by atoms with Gasteiger partial charge in [-0.1, -0.05) is 23.8 Å². The lowest BCUT2D eigenvalue weighted by molar-refractivity contribution is 0.102. The van der Waals surface area contributed by atoms with E-state index in [2.05, 4.69) is 19.7 Å². The van der Waals surface area contributed by atoms with E-state index < -0.39 is 26.0 Å². The third-order valence-electron chi connectivity index (χ3n) is 5.15. The quantitative estimate of drug-likeness (QED) is 0.298. The highest BCUT2D eigenvalue weighted by Crippen LogP contribution is 2.23. The van der Waals surface area contributed by atoms with Crippen molar-refractivity contribution in [3.8, 4) is 0 Å². The zero-order chi connectivity index (χ0) is 25.9. The first kappa shape index (κ1) is 25.4. The molecular formula is C24H22N4O5S3. The Morgan fingerprint density at radius 1 is 0.806 bits per heavy atom. The van der Waals surface area contributed by atoms with Crippen LogP contribution in [0, 0.1) is 13.8 Å². The molecule has 0 aliphatic rings. The molecule has 3 N–H and O–H groups in total. The number of rotatable bonds is 8. The molecule has 1 heterocycles. The van der Waals surface area contributed by atoms with Crippen molar-refractivity contribution >= 4 is 53.8 Å². The largest absolute Gasteiger partial charge is 0.322 e. The molecule has 0 fully saturated rings. The maximum atomic E-state index is 12.8. The van der Waals surface area contributed by atoms with E-state index in [4.69, 9.17) is 0 Å². The van der Waals surface area contributed by atoms with Crippen molar-refractivity contribution in [2.24, 2.45) is 0 Å². The van der Waals surface area contributed by atoms with Crippen LogP contribution in [0.3, 0.4) is 0 Å². The number of sulfonamides is 2. The molecule has 0 aliphatic carbocycles. The van der Waals surface area contributed by atoms with Crippen LogP contribution < -0.4 is 14.8 Å². The van der Waals surface area contributed by atoms with Crippen LogP contribution in [0.5, 0.6) is 0 Å². The van der Waals surface area contributed by atoms with E-state index in [0.29, 0.717) is 11.3 Å². The topological polar surface area (TPSA) is 134 Å². The Bertz CT molecular complexity index is 1600. The van der Waals surface area contributed by atoms with Crippen LogP contribution in [0.25, 0.3) is 0 Å². The molecule has 186 valence electrons. The number of aryl methyl sites for hydroxylation is 2. The molecule has 4 rings (SSSR count). The number of hydrogen-bond donors (Lipinski definition) is 3. The summed E-state index contributed by atoms with van der Waals surface area (Å²) < 4.78 is 55.4. The van der Waals surface area contributed by atoms with Gasteiger partial charge in [-0.15, -0.1) is 11.3 Å². The first-order chi connectivity index (χ1) is 17.0. The molecule has 0 unspecified atom stereocenters. The minimum Gasteiger partial charge on any atom is -0.322 e. The van der Waals surface area contributed by atoms with Crippen molar-refractivity contribution in [2.45, 2.75) is 23.6 Å². The fourth-order valence-electron chi connectivity index (χ4n) is 3.16. The van der Waals surface area contributed by atoms with Gasteiger partial charge in [0.2, 0.25) is 0 Å². The summed E-state index contributed by atoms with van der Waals surface area (Å²) in [7, 11) is -7.65. The van der Waals surface area contributed by atoms with Crippen LogP contribution in [0.2, 0.25) is 0 Å². The molecule has 0 bridgehead atoms. The maximum absolute atomic E-state index is 12.8. The fourth-order valence-corrected chi connectivity index (χ4v) is 6.07. The minimum atomic E-state index is -3.84. The lowest BCUT2D eigenvalue weighted by atomic mass is 10.1. The summed E-state index contributed by atoms with van der Waals surface area (Å²) >= 11 is 1.16. The lowest BCUT2D eigenvalue weighted by Crippen LogP contribution is -2.16. The van der Waals surface area contributed by atoms with Gasteiger partial charge in [-0.25, -0.2) is 21.8 Å². The smallest absolute Gasteiger partial charge is 0.263 e. The number of hydrogen-bond acceptors (Lipinski definition) is 7. The molecule has 12 heteroatoms. The molecule has 0 saturated carbocycles. The van der Waals surface area contributed by atoms with E-state index in [9.17, 15) is 21.6 Å². The first-order valence-electron chi connectivity index (χ1n) is 10.6. The van der Waals surface area contributed by atoms with Crippen molar-refractivity contribution in [2.75, 3.05) is 14.8 Å². The standard InChI is InChI=1S/C24H22N4O5S3/c1-16-3-9-20(10-4-16)35(30,31)27-22-15-18(6-5-17(22)2)23(29)26-19-7-11-21(12-8-19)36(32,33)28-24-25-13-14-34-24/h3-15,27H,1-2H3,(H,25,28)(H,26,29). The predicted molar refractivity (Wildman–Crippen MR) is 140 cm³/mol. The summed E-state index contributed by atoms with van der Waals surface area (Å²) in [6.45, 7) is 3.59. The van der Waals surface area contributed by atoms with Gasteiger partial charge in [-0.3, -0.25) is 14.2 Å². The average Bonchev–Trinajstić information content (AvgIpc) is 3.33. The number of amides is 1. The Labute approximate surface area is 213 Å². The number of thiazole rings is 1. The summed E-state index contributed by atoms with van der Waals surface area (Å²) in [5, 5.41) is 4.59. The van der Waals surface area contributed by atoms with Crippen LogP contribution in [0.4, 0.5) is 16.5 Å². The molecule has 0 saturated heterocycles. The first-order valence-corrected chi connectivity index (χ1v) is 14.4. The molecule has 0 aliphatic heterocycles. The van der Waals surface area contributed by atoms with E-state index in [1.165, 1.54) is 48.7 Å². The van der Waals surface area contributed by atoms with Crippen molar-refractivity contribution in [1.29, 1.82) is 0 Å². The second-order valence-electron chi connectivity index (χ2n) is 7.87. The molecule has 0 radical (unpaired) electrons. The zero-order valence-corrected chi connectivity index (χ0v) is 21.7. The van der Waals surface area contributed by atoms with Crippen molar-refractivity contribution in [3.63, 3.8) is 0 Å². The third-order valence-corrected chi connectivity index (χ3v) is 8.71. The van der Waals surface area contributed by atoms with Gasteiger partial charge >= 0.3 is 0 Å². The molecule has 0 spiro atoms. The number of nitrogens with zero attached hydrogens (tertiary/aromatic N) is 1. The number of carbonyl (C=O) groups excluding carboxylic acids is 1. The Morgan fingerprint density at radius 3 is 2.03 bits per heavy atom. The number of aromatic nitrogens is 1. The van der Waals surface area contributed by atoms with Crippen LogP contribution in [-0.2, 0) is 20.0 Å². The van der Waals surface area contributed by atoms with Gasteiger partial charge < -0.3 is 5.32 Å². The molecule has 0 atom stereocenters. The lowest BCUT2D eigenvalue weighted by Gasteiger charge is -2.13. The Morgan fingerprint density at radius 2 is 1.42 bits per heavy atom. The van der Waals surface area contributed by atoms with Gasteiger partial charge in [-0.05, 0) is 67.9 Å². The second-order valence-corrected chi connectivity index (χ2v) is 12.1. The van der Waals surface area contributed by atoms with E-state index in [1.807, 2.05) is 6.92 Å². The van der Waals surface area contributed by atoms with Crippen molar-refractivity contribution in [3.05, 3.63) is 95.0 Å². The summed E-state index contributed by atoms with van der Waals surface area (Å²) in [6.07, 6.45) is 1.49. The summed E-state index contributed by atoms with van der Waals surface area (Å²) in [5.74, 6) is -0.484. The second kappa shape index (κ2) is 10.1. The van der Waals surface area contributed by atoms with Crippen molar-refractivity contribution in [1.82, 2.24) is 4.98 Å². The van der Waals surface area contributed by atoms with Gasteiger partial charge in [0.25, 0.3) is 26.0 Å². The summed E-state index contributed by atoms with van der Waals surface area (Å²) in [6, 6.07) is 16.8. The molecule has 1 amide bonds. The van der Waals surface area contributed by atoms with Gasteiger partial charge in [-0.2, -0.15) is 0 Å². The van der Waals surface area contributed by atoms with Crippen LogP contribution in [0.1, 0.15) is 21.5 Å². The molecule has 4 aromatic rings. The van der Waals surface area contributed by atoms with Gasteiger partial charge in [0.05, 0.1) is 15.5 Å². The van der Waals surface area contributed by atoms with Gasteiger partial charge in [0, 0.05) is 22.8 Å². The van der Waals surface area contributed by atoms with E-state index in [1.54, 1.807) is 36.6 Å². The van der Waals surface area contributed by atoms with Crippen LogP contribution in [-0.4, -0.2) is 27.7 Å². The molecule has 1 aromatic heterocycles. The minimum absolute atomic E-state index is 0.0128. The SMILES string of the molecule is Cc1ccc(S(=O)(=O)Nc2cc(C(=O)Nc3ccc(S(=O)(=O)Nc4nccs4)cc3)ccc2C)cc1. The van der Waals surface area contributed by atoms with Gasteiger partial charge in [0.15, 0.2) is 5.13 Å². The zero-order valence-electron chi connectivity index (χ0n) is 19.2. The highest BCUT2D eigenvalue weighted by molar-refractivity contribution is 7.93. The highest BCUT2D eigenvalue weighted by Gasteiger charge is 2.18. The Balaban J connectivity index is 1.48. The number of benzene rings is 3. The maximum Gasteiger partial charge on any atom is 0.263 e. The molecule has 36 heavy (non-hydrogen) atoms. The third kappa shape index (κ3) is 5.90. The number of carbonyl (C=O) groups is 1. The highest BCUT2D eigenvalue weighted by atomic mass is 32.2. The summed E-state index contributed by atoms with van der Waals surface area (Å²) in [5.41, 5.74) is 2.45. The monoisotopic (exact) mass is 542 g/mol. The number of nitrogens with one attached hydrogen (secondary N) is 3. The Hall–Kier alpha value is -3.74. The molecular weight excluding hydrogens is 520 g/mol. The predicted octanol–water partition coefficient (Wildman–Crippen LogP) is 4.61. The average molecular weight is 543 g/mol. The van der Waals surface area contributed by atoms with E-state index >= 15 is 0 Å². The molecule has 9 nitrogen and oxygen atoms in total. The van der Waals surface area contributed by atoms with Crippen LogP contribution >= 0.6 is 11.3 Å². The Kier molecular flexibility index (Phi) is 7.11.